The Morgan fingerprint density at radius 2 is 1.40 bits per heavy atom. The maximum Gasteiger partial charge on any atom is 0.372 e. The van der Waals surface area contributed by atoms with Crippen molar-refractivity contribution in [1.29, 1.82) is 0 Å². The summed E-state index contributed by atoms with van der Waals surface area (Å²) in [6.45, 7) is -2.47. The molecule has 0 aliphatic rings. The summed E-state index contributed by atoms with van der Waals surface area (Å²) in [5, 5.41) is 7.26. The molecule has 10 heteroatoms. The van der Waals surface area contributed by atoms with E-state index >= 15 is 0 Å². The summed E-state index contributed by atoms with van der Waals surface area (Å²) in [6.07, 6.45) is -4.59. The van der Waals surface area contributed by atoms with Gasteiger partial charge in [-0.25, -0.2) is 8.78 Å². The lowest BCUT2D eigenvalue weighted by Gasteiger charge is -2.29. The molecule has 92 valence electrons. The quantitative estimate of drug-likeness (QED) is 0.572. The maximum absolute atomic E-state index is 12.2. The first-order valence-electron chi connectivity index (χ1n) is 3.28. The lowest BCUT2D eigenvalue weighted by Crippen LogP contribution is -2.61. The fraction of sp³-hybridized carbons (Fsp3) is 1.00. The van der Waals surface area contributed by atoms with Crippen LogP contribution in [0.2, 0.25) is 0 Å². The third-order valence-corrected chi connectivity index (χ3v) is 1.26. The van der Waals surface area contributed by atoms with Crippen LogP contribution < -0.4 is 5.32 Å². The molecule has 0 saturated carbocycles. The summed E-state index contributed by atoms with van der Waals surface area (Å²) in [4.78, 5) is 0. The van der Waals surface area contributed by atoms with Crippen molar-refractivity contribution in [2.24, 2.45) is 0 Å². The van der Waals surface area contributed by atoms with E-state index in [9.17, 15) is 35.1 Å². The first kappa shape index (κ1) is 14.4. The first-order valence-corrected chi connectivity index (χ1v) is 3.28. The molecule has 0 fully saturated rings. The van der Waals surface area contributed by atoms with Crippen molar-refractivity contribution in [1.82, 2.24) is 5.32 Å². The Labute approximate surface area is 77.9 Å². The van der Waals surface area contributed by atoms with Crippen LogP contribution in [0.4, 0.5) is 35.1 Å². The number of halogens is 8. The van der Waals surface area contributed by atoms with E-state index in [0.717, 1.165) is 0 Å². The van der Waals surface area contributed by atoms with Gasteiger partial charge in [0.1, 0.15) is 6.61 Å². The summed E-state index contributed by atoms with van der Waals surface area (Å²) in [5.41, 5.74) is 0. The Morgan fingerprint density at radius 3 is 1.67 bits per heavy atom. The smallest absolute Gasteiger partial charge is 0.372 e. The van der Waals surface area contributed by atoms with E-state index in [0.29, 0.717) is 0 Å². The standard InChI is InChI=1S/C5H5F8NO/c6-2(7)4(10,11)14-5(12,13)3(8,9)1-15/h2,14-15H,1H2. The van der Waals surface area contributed by atoms with Crippen molar-refractivity contribution in [3.8, 4) is 0 Å². The molecular formula is C5H5F8NO. The molecule has 0 aliphatic carbocycles. The highest BCUT2D eigenvalue weighted by molar-refractivity contribution is 4.85. The molecule has 15 heavy (non-hydrogen) atoms. The molecule has 0 aliphatic heterocycles. The van der Waals surface area contributed by atoms with Gasteiger partial charge in [0.2, 0.25) is 0 Å². The number of rotatable bonds is 5. The predicted molar refractivity (Wildman–Crippen MR) is 31.1 cm³/mol. The van der Waals surface area contributed by atoms with Gasteiger partial charge in [-0.3, -0.25) is 0 Å². The van der Waals surface area contributed by atoms with E-state index in [-0.39, 0.29) is 0 Å². The molecule has 0 spiro atoms. The fourth-order valence-corrected chi connectivity index (χ4v) is 0.455. The highest BCUT2D eigenvalue weighted by Crippen LogP contribution is 2.35. The molecular weight excluding hydrogens is 242 g/mol. The summed E-state index contributed by atoms with van der Waals surface area (Å²) < 4.78 is 95.3. The van der Waals surface area contributed by atoms with Gasteiger partial charge in [-0.05, 0) is 0 Å². The molecule has 2 nitrogen and oxygen atoms in total. The van der Waals surface area contributed by atoms with Gasteiger partial charge < -0.3 is 5.11 Å². The van der Waals surface area contributed by atoms with Gasteiger partial charge >= 0.3 is 24.4 Å². The number of alkyl halides is 8. The van der Waals surface area contributed by atoms with Crippen LogP contribution in [0.1, 0.15) is 0 Å². The minimum Gasteiger partial charge on any atom is -0.390 e. The molecule has 0 saturated heterocycles. The van der Waals surface area contributed by atoms with Crippen LogP contribution in [0.3, 0.4) is 0 Å². The van der Waals surface area contributed by atoms with E-state index in [1.807, 2.05) is 0 Å². The highest BCUT2D eigenvalue weighted by atomic mass is 19.3. The van der Waals surface area contributed by atoms with E-state index in [2.05, 4.69) is 0 Å². The zero-order valence-electron chi connectivity index (χ0n) is 6.76. The summed E-state index contributed by atoms with van der Waals surface area (Å²) >= 11 is 0. The predicted octanol–water partition coefficient (Wildman–Crippen LogP) is 1.65. The Kier molecular flexibility index (Phi) is 3.91. The van der Waals surface area contributed by atoms with Crippen molar-refractivity contribution >= 4 is 0 Å². The van der Waals surface area contributed by atoms with Crippen molar-refractivity contribution in [2.75, 3.05) is 6.61 Å². The lowest BCUT2D eigenvalue weighted by atomic mass is 10.3. The van der Waals surface area contributed by atoms with Crippen molar-refractivity contribution in [3.05, 3.63) is 0 Å². The molecule has 0 atom stereocenters. The van der Waals surface area contributed by atoms with E-state index in [1.54, 1.807) is 0 Å². The summed E-state index contributed by atoms with van der Waals surface area (Å²) in [7, 11) is 0. The average molecular weight is 247 g/mol. The SMILES string of the molecule is OCC(F)(F)C(F)(F)NC(F)(F)C(F)F. The van der Waals surface area contributed by atoms with Crippen molar-refractivity contribution in [2.45, 2.75) is 24.4 Å². The monoisotopic (exact) mass is 247 g/mol. The number of aliphatic hydroxyl groups is 1. The minimum absolute atomic E-state index is 0.503. The molecule has 0 aromatic carbocycles. The van der Waals surface area contributed by atoms with Crippen molar-refractivity contribution < 1.29 is 40.2 Å². The number of nitrogens with one attached hydrogen (secondary N) is 1. The second-order valence-corrected chi connectivity index (χ2v) is 2.49. The van der Waals surface area contributed by atoms with Crippen LogP contribution in [0, 0.1) is 0 Å². The van der Waals surface area contributed by atoms with Gasteiger partial charge in [-0.15, -0.1) is 0 Å². The molecule has 0 unspecified atom stereocenters. The fourth-order valence-electron chi connectivity index (χ4n) is 0.455. The molecule has 0 radical (unpaired) electrons. The molecule has 0 rings (SSSR count). The third-order valence-electron chi connectivity index (χ3n) is 1.26. The van der Waals surface area contributed by atoms with Crippen LogP contribution in [-0.2, 0) is 0 Å². The number of hydrogen-bond donors (Lipinski definition) is 2. The number of hydrogen-bond acceptors (Lipinski definition) is 2. The molecule has 0 heterocycles. The lowest BCUT2D eigenvalue weighted by molar-refractivity contribution is -0.289. The Morgan fingerprint density at radius 1 is 1.00 bits per heavy atom. The van der Waals surface area contributed by atoms with Crippen LogP contribution >= 0.6 is 0 Å². The average Bonchev–Trinajstić information content (AvgIpc) is 2.01. The summed E-state index contributed by atoms with van der Waals surface area (Å²) in [5.74, 6) is -5.27. The molecule has 0 amide bonds. The van der Waals surface area contributed by atoms with Gasteiger partial charge in [0, 0.05) is 0 Å². The zero-order valence-corrected chi connectivity index (χ0v) is 6.76. The van der Waals surface area contributed by atoms with Crippen molar-refractivity contribution in [3.63, 3.8) is 0 Å². The van der Waals surface area contributed by atoms with Gasteiger partial charge in [0.25, 0.3) is 0 Å². The highest BCUT2D eigenvalue weighted by Gasteiger charge is 2.62. The van der Waals surface area contributed by atoms with Gasteiger partial charge in [-0.1, -0.05) is 0 Å². The molecule has 0 aromatic heterocycles. The normalized spacial score (nSPS) is 14.8. The molecule has 0 bridgehead atoms. The Hall–Kier alpha value is -0.640. The Bertz CT molecular complexity index is 217. The van der Waals surface area contributed by atoms with E-state index in [4.69, 9.17) is 5.11 Å². The van der Waals surface area contributed by atoms with Gasteiger partial charge in [-0.2, -0.15) is 31.7 Å². The zero-order chi connectivity index (χ0) is 12.5. The van der Waals surface area contributed by atoms with E-state index < -0.39 is 36.4 Å². The molecule has 0 aromatic rings. The maximum atomic E-state index is 12.2. The largest absolute Gasteiger partial charge is 0.390 e. The second kappa shape index (κ2) is 4.08. The topological polar surface area (TPSA) is 32.3 Å². The van der Waals surface area contributed by atoms with Gasteiger partial charge in [0.05, 0.1) is 0 Å². The van der Waals surface area contributed by atoms with E-state index in [1.165, 1.54) is 0 Å². The number of aliphatic hydroxyl groups excluding tert-OH is 1. The van der Waals surface area contributed by atoms with Crippen LogP contribution in [0.25, 0.3) is 0 Å². The molecule has 2 N–H and O–H groups in total. The summed E-state index contributed by atoms with van der Waals surface area (Å²) in [6, 6.07) is -11.1. The van der Waals surface area contributed by atoms with Crippen LogP contribution in [-0.4, -0.2) is 36.2 Å². The second-order valence-electron chi connectivity index (χ2n) is 2.49. The minimum atomic E-state index is -5.65. The first-order chi connectivity index (χ1) is 6.46. The van der Waals surface area contributed by atoms with Crippen LogP contribution in [0.15, 0.2) is 0 Å². The van der Waals surface area contributed by atoms with Gasteiger partial charge in [0.15, 0.2) is 0 Å². The third kappa shape index (κ3) is 3.16. The van der Waals surface area contributed by atoms with Crippen LogP contribution in [0.5, 0.6) is 0 Å². The Balaban J connectivity index is 4.79.